The van der Waals surface area contributed by atoms with Gasteiger partial charge in [-0.15, -0.1) is 11.3 Å². The molecule has 2 amide bonds. The summed E-state index contributed by atoms with van der Waals surface area (Å²) in [4.78, 5) is 29.8. The summed E-state index contributed by atoms with van der Waals surface area (Å²) in [5.41, 5.74) is 1.29. The van der Waals surface area contributed by atoms with Crippen LogP contribution in [0.1, 0.15) is 23.3 Å². The van der Waals surface area contributed by atoms with Gasteiger partial charge in [0.25, 0.3) is 0 Å². The normalized spacial score (nSPS) is 21.4. The van der Waals surface area contributed by atoms with Gasteiger partial charge in [0.05, 0.1) is 6.54 Å². The Hall–Kier alpha value is -1.44. The Bertz CT molecular complexity index is 589. The van der Waals surface area contributed by atoms with E-state index in [0.717, 1.165) is 45.4 Å². The lowest BCUT2D eigenvalue weighted by Crippen LogP contribution is -2.51. The van der Waals surface area contributed by atoms with Crippen LogP contribution in [-0.4, -0.2) is 67.6 Å². The van der Waals surface area contributed by atoms with Gasteiger partial charge >= 0.3 is 0 Å². The van der Waals surface area contributed by atoms with Crippen LogP contribution >= 0.6 is 11.3 Å². The first kappa shape index (κ1) is 17.4. The standard InChI is InChI=1S/C17H25N3O3S/c1-23-12-16(21)18-14-3-2-6-19(10-14)11-17(22)20-7-4-15-13(9-20)5-8-24-15/h5,8,14H,2-4,6-7,9-12H2,1H3,(H,18,21)/t14-/m0/s1. The van der Waals surface area contributed by atoms with Crippen molar-refractivity contribution in [1.82, 2.24) is 15.1 Å². The molecule has 0 spiro atoms. The molecule has 1 fully saturated rings. The van der Waals surface area contributed by atoms with Gasteiger partial charge in [-0.05, 0) is 42.8 Å². The highest BCUT2D eigenvalue weighted by atomic mass is 32.1. The maximum atomic E-state index is 12.6. The van der Waals surface area contributed by atoms with E-state index in [0.29, 0.717) is 6.54 Å². The monoisotopic (exact) mass is 351 g/mol. The summed E-state index contributed by atoms with van der Waals surface area (Å²) >= 11 is 1.79. The van der Waals surface area contributed by atoms with Crippen LogP contribution in [-0.2, 0) is 27.3 Å². The van der Waals surface area contributed by atoms with E-state index in [1.165, 1.54) is 17.6 Å². The van der Waals surface area contributed by atoms with E-state index in [2.05, 4.69) is 21.7 Å². The molecule has 1 aromatic rings. The van der Waals surface area contributed by atoms with Crippen LogP contribution in [0.5, 0.6) is 0 Å². The fraction of sp³-hybridized carbons (Fsp3) is 0.647. The molecule has 132 valence electrons. The maximum absolute atomic E-state index is 12.6. The zero-order valence-corrected chi connectivity index (χ0v) is 14.9. The van der Waals surface area contributed by atoms with Gasteiger partial charge in [0, 0.05) is 37.7 Å². The van der Waals surface area contributed by atoms with Crippen LogP contribution < -0.4 is 5.32 Å². The number of methoxy groups -OCH3 is 1. The molecule has 1 saturated heterocycles. The lowest BCUT2D eigenvalue weighted by molar-refractivity contribution is -0.133. The number of fused-ring (bicyclic) bond motifs is 1. The zero-order chi connectivity index (χ0) is 16.9. The number of nitrogens with one attached hydrogen (secondary N) is 1. The van der Waals surface area contributed by atoms with Crippen molar-refractivity contribution in [1.29, 1.82) is 0 Å². The smallest absolute Gasteiger partial charge is 0.246 e. The molecule has 1 N–H and O–H groups in total. The van der Waals surface area contributed by atoms with Crippen LogP contribution in [0.25, 0.3) is 0 Å². The minimum absolute atomic E-state index is 0.0864. The summed E-state index contributed by atoms with van der Waals surface area (Å²) in [7, 11) is 1.52. The number of nitrogens with zero attached hydrogens (tertiary/aromatic N) is 2. The minimum Gasteiger partial charge on any atom is -0.375 e. The molecule has 0 saturated carbocycles. The van der Waals surface area contributed by atoms with Crippen molar-refractivity contribution in [3.8, 4) is 0 Å². The van der Waals surface area contributed by atoms with Crippen LogP contribution in [0.4, 0.5) is 0 Å². The highest BCUT2D eigenvalue weighted by Crippen LogP contribution is 2.24. The van der Waals surface area contributed by atoms with Crippen molar-refractivity contribution in [2.45, 2.75) is 31.8 Å². The summed E-state index contributed by atoms with van der Waals surface area (Å²) in [5, 5.41) is 5.09. The van der Waals surface area contributed by atoms with Gasteiger partial charge in [-0.3, -0.25) is 14.5 Å². The average molecular weight is 351 g/mol. The predicted molar refractivity (Wildman–Crippen MR) is 92.9 cm³/mol. The third-order valence-electron chi connectivity index (χ3n) is 4.67. The Balaban J connectivity index is 1.48. The number of piperidine rings is 1. The van der Waals surface area contributed by atoms with E-state index in [1.807, 2.05) is 4.90 Å². The van der Waals surface area contributed by atoms with Gasteiger partial charge in [0.15, 0.2) is 0 Å². The first-order valence-corrected chi connectivity index (χ1v) is 9.37. The Morgan fingerprint density at radius 3 is 3.12 bits per heavy atom. The van der Waals surface area contributed by atoms with Crippen LogP contribution in [0.3, 0.4) is 0 Å². The highest BCUT2D eigenvalue weighted by Gasteiger charge is 2.26. The molecule has 24 heavy (non-hydrogen) atoms. The molecule has 0 aliphatic carbocycles. The Kier molecular flexibility index (Phi) is 5.86. The van der Waals surface area contributed by atoms with Crippen molar-refractivity contribution >= 4 is 23.2 Å². The summed E-state index contributed by atoms with van der Waals surface area (Å²) in [6, 6.07) is 2.24. The first-order chi connectivity index (χ1) is 11.7. The van der Waals surface area contributed by atoms with E-state index in [9.17, 15) is 9.59 Å². The minimum atomic E-state index is -0.0864. The second-order valence-electron chi connectivity index (χ2n) is 6.51. The summed E-state index contributed by atoms with van der Waals surface area (Å²) in [6.07, 6.45) is 2.93. The van der Waals surface area contributed by atoms with Gasteiger partial charge in [-0.25, -0.2) is 0 Å². The highest BCUT2D eigenvalue weighted by molar-refractivity contribution is 7.10. The van der Waals surface area contributed by atoms with Gasteiger partial charge < -0.3 is 15.0 Å². The number of carbonyl (C=O) groups excluding carboxylic acids is 2. The molecule has 2 aliphatic heterocycles. The average Bonchev–Trinajstić information content (AvgIpc) is 3.03. The molecule has 0 unspecified atom stereocenters. The molecule has 0 bridgehead atoms. The molecule has 2 aliphatic rings. The number of amides is 2. The largest absolute Gasteiger partial charge is 0.375 e. The van der Waals surface area contributed by atoms with Gasteiger partial charge in [0.2, 0.25) is 11.8 Å². The number of hydrogen-bond donors (Lipinski definition) is 1. The molecular formula is C17H25N3O3S. The molecule has 6 nitrogen and oxygen atoms in total. The molecular weight excluding hydrogens is 326 g/mol. The van der Waals surface area contributed by atoms with Crippen LogP contribution in [0, 0.1) is 0 Å². The molecule has 7 heteroatoms. The van der Waals surface area contributed by atoms with Crippen molar-refractivity contribution in [3.05, 3.63) is 21.9 Å². The third-order valence-corrected chi connectivity index (χ3v) is 5.69. The Labute approximate surface area is 146 Å². The van der Waals surface area contributed by atoms with Crippen LogP contribution in [0.2, 0.25) is 0 Å². The van der Waals surface area contributed by atoms with Crippen molar-refractivity contribution in [2.24, 2.45) is 0 Å². The molecule has 3 heterocycles. The zero-order valence-electron chi connectivity index (χ0n) is 14.1. The van der Waals surface area contributed by atoms with Crippen molar-refractivity contribution in [3.63, 3.8) is 0 Å². The first-order valence-electron chi connectivity index (χ1n) is 8.49. The number of ether oxygens (including phenoxy) is 1. The number of carbonyl (C=O) groups is 2. The van der Waals surface area contributed by atoms with Crippen molar-refractivity contribution < 1.29 is 14.3 Å². The topological polar surface area (TPSA) is 61.9 Å². The van der Waals surface area contributed by atoms with Gasteiger partial charge in [0.1, 0.15) is 6.61 Å². The summed E-state index contributed by atoms with van der Waals surface area (Å²) < 4.78 is 4.85. The summed E-state index contributed by atoms with van der Waals surface area (Å²) in [6.45, 7) is 3.73. The Morgan fingerprint density at radius 2 is 2.29 bits per heavy atom. The SMILES string of the molecule is COCC(=O)N[C@H]1CCCN(CC(=O)N2CCc3sccc3C2)C1. The van der Waals surface area contributed by atoms with E-state index < -0.39 is 0 Å². The number of likely N-dealkylation sites (tertiary alicyclic amines) is 1. The number of rotatable bonds is 5. The van der Waals surface area contributed by atoms with E-state index in [1.54, 1.807) is 11.3 Å². The Morgan fingerprint density at radius 1 is 1.42 bits per heavy atom. The van der Waals surface area contributed by atoms with Gasteiger partial charge in [-0.2, -0.15) is 0 Å². The number of thiophene rings is 1. The predicted octanol–water partition coefficient (Wildman–Crippen LogP) is 0.860. The van der Waals surface area contributed by atoms with Crippen LogP contribution in [0.15, 0.2) is 11.4 Å². The molecule has 1 aromatic heterocycles. The third kappa shape index (κ3) is 4.34. The quantitative estimate of drug-likeness (QED) is 0.855. The van der Waals surface area contributed by atoms with E-state index in [-0.39, 0.29) is 24.5 Å². The molecule has 3 rings (SSSR count). The fourth-order valence-corrected chi connectivity index (χ4v) is 4.36. The van der Waals surface area contributed by atoms with Crippen molar-refractivity contribution in [2.75, 3.05) is 39.9 Å². The fourth-order valence-electron chi connectivity index (χ4n) is 3.47. The molecule has 0 radical (unpaired) electrons. The summed E-state index contributed by atoms with van der Waals surface area (Å²) in [5.74, 6) is 0.104. The second-order valence-corrected chi connectivity index (χ2v) is 7.51. The number of hydrogen-bond acceptors (Lipinski definition) is 5. The maximum Gasteiger partial charge on any atom is 0.246 e. The second kappa shape index (κ2) is 8.09. The lowest BCUT2D eigenvalue weighted by Gasteiger charge is -2.35. The van der Waals surface area contributed by atoms with E-state index >= 15 is 0 Å². The molecule has 0 aromatic carbocycles. The van der Waals surface area contributed by atoms with Gasteiger partial charge in [-0.1, -0.05) is 0 Å². The lowest BCUT2D eigenvalue weighted by atomic mass is 10.1. The van der Waals surface area contributed by atoms with E-state index in [4.69, 9.17) is 4.74 Å². The molecule has 1 atom stereocenters.